The quantitative estimate of drug-likeness (QED) is 0.704. The van der Waals surface area contributed by atoms with Gasteiger partial charge in [0.1, 0.15) is 5.82 Å². The Bertz CT molecular complexity index is 853. The number of amides is 1. The molecule has 1 aromatic carbocycles. The first-order valence-electron chi connectivity index (χ1n) is 8.12. The summed E-state index contributed by atoms with van der Waals surface area (Å²) in [6.07, 6.45) is 2.51. The molecule has 0 unspecified atom stereocenters. The van der Waals surface area contributed by atoms with Gasteiger partial charge in [-0.3, -0.25) is 4.79 Å². The molecule has 1 aromatic rings. The molecule has 24 heavy (non-hydrogen) atoms. The van der Waals surface area contributed by atoms with Crippen molar-refractivity contribution in [2.75, 3.05) is 5.75 Å². The maximum absolute atomic E-state index is 14.1. The van der Waals surface area contributed by atoms with E-state index >= 15 is 0 Å². The van der Waals surface area contributed by atoms with Crippen LogP contribution in [0.1, 0.15) is 43.5 Å². The van der Waals surface area contributed by atoms with Gasteiger partial charge in [0.25, 0.3) is 5.91 Å². The number of hydrogen-bond acceptors (Lipinski definition) is 3. The van der Waals surface area contributed by atoms with E-state index in [0.29, 0.717) is 16.8 Å². The van der Waals surface area contributed by atoms with Crippen molar-refractivity contribution in [1.82, 2.24) is 4.31 Å². The second-order valence-corrected chi connectivity index (χ2v) is 10.6. The molecular formula is C17H19BrFNO3S. The maximum Gasteiger partial charge on any atom is 0.270 e. The van der Waals surface area contributed by atoms with Gasteiger partial charge in [0.2, 0.25) is 10.0 Å². The number of fused-ring (bicyclic) bond motifs is 1. The van der Waals surface area contributed by atoms with Crippen LogP contribution in [0.3, 0.4) is 0 Å². The highest BCUT2D eigenvalue weighted by molar-refractivity contribution is 9.10. The maximum atomic E-state index is 14.1. The number of nitrogens with zero attached hydrogens (tertiary/aromatic N) is 1. The molecule has 130 valence electrons. The van der Waals surface area contributed by atoms with E-state index in [4.69, 9.17) is 0 Å². The molecule has 1 spiro atoms. The number of halogens is 2. The number of sulfonamides is 1. The number of carbonyl (C=O) groups is 1. The van der Waals surface area contributed by atoms with Crippen LogP contribution in [-0.2, 0) is 10.0 Å². The minimum absolute atomic E-state index is 0.00444. The van der Waals surface area contributed by atoms with Gasteiger partial charge in [-0.15, -0.1) is 0 Å². The van der Waals surface area contributed by atoms with E-state index in [9.17, 15) is 17.6 Å². The Labute approximate surface area is 149 Å². The smallest absolute Gasteiger partial charge is 0.268 e. The Hall–Kier alpha value is -0.950. The minimum Gasteiger partial charge on any atom is -0.268 e. The molecule has 3 fully saturated rings. The van der Waals surface area contributed by atoms with Crippen LogP contribution in [-0.4, -0.2) is 30.4 Å². The lowest BCUT2D eigenvalue weighted by atomic mass is 9.69. The summed E-state index contributed by atoms with van der Waals surface area (Å²) < 4.78 is 41.3. The van der Waals surface area contributed by atoms with Crippen molar-refractivity contribution in [3.8, 4) is 0 Å². The third kappa shape index (κ3) is 1.88. The average molecular weight is 416 g/mol. The SMILES string of the molecule is CC1(C)[C@@H]2CC[C@]13CS(=O)(=O)N(C(=O)c1cc(Br)ccc1F)[C@@H]3C2. The van der Waals surface area contributed by atoms with E-state index in [1.54, 1.807) is 0 Å². The molecule has 2 bridgehead atoms. The molecule has 1 amide bonds. The Kier molecular flexibility index (Phi) is 3.31. The molecule has 0 N–H and O–H groups in total. The normalized spacial score (nSPS) is 35.2. The molecule has 0 radical (unpaired) electrons. The fourth-order valence-electron chi connectivity index (χ4n) is 5.34. The summed E-state index contributed by atoms with van der Waals surface area (Å²) in [5, 5.41) is 0. The van der Waals surface area contributed by atoms with E-state index in [0.717, 1.165) is 17.1 Å². The summed E-state index contributed by atoms with van der Waals surface area (Å²) in [5.74, 6) is -1.02. The molecule has 4 nitrogen and oxygen atoms in total. The van der Waals surface area contributed by atoms with Crippen LogP contribution in [0.2, 0.25) is 0 Å². The van der Waals surface area contributed by atoms with Crippen molar-refractivity contribution in [3.05, 3.63) is 34.1 Å². The van der Waals surface area contributed by atoms with Crippen LogP contribution in [0.25, 0.3) is 0 Å². The van der Waals surface area contributed by atoms with Gasteiger partial charge in [0.05, 0.1) is 17.4 Å². The van der Waals surface area contributed by atoms with Gasteiger partial charge in [-0.2, -0.15) is 0 Å². The van der Waals surface area contributed by atoms with E-state index in [2.05, 4.69) is 29.8 Å². The molecule has 3 aliphatic rings. The van der Waals surface area contributed by atoms with E-state index < -0.39 is 27.2 Å². The molecule has 0 aromatic heterocycles. The highest BCUT2D eigenvalue weighted by atomic mass is 79.9. The monoisotopic (exact) mass is 415 g/mol. The standard InChI is InChI=1S/C17H19BrFNO3S/c1-16(2)10-5-6-17(16)9-24(22,23)20(14(17)7-10)15(21)12-8-11(18)3-4-13(12)19/h3-4,8,10,14H,5-7,9H2,1-2H3/t10-,14-,17-/m1/s1. The van der Waals surface area contributed by atoms with Gasteiger partial charge in [-0.25, -0.2) is 17.1 Å². The van der Waals surface area contributed by atoms with Gasteiger partial charge in [0.15, 0.2) is 0 Å². The topological polar surface area (TPSA) is 54.5 Å². The Morgan fingerprint density at radius 2 is 2.08 bits per heavy atom. The molecule has 2 aliphatic carbocycles. The van der Waals surface area contributed by atoms with E-state index in [-0.39, 0.29) is 22.8 Å². The van der Waals surface area contributed by atoms with Gasteiger partial charge in [-0.1, -0.05) is 29.8 Å². The highest BCUT2D eigenvalue weighted by Crippen LogP contribution is 2.70. The minimum atomic E-state index is -3.74. The summed E-state index contributed by atoms with van der Waals surface area (Å²) in [5.41, 5.74) is -0.699. The summed E-state index contributed by atoms with van der Waals surface area (Å²) in [6, 6.07) is 3.69. The molecule has 7 heteroatoms. The van der Waals surface area contributed by atoms with Crippen LogP contribution in [0.5, 0.6) is 0 Å². The second-order valence-electron chi connectivity index (χ2n) is 7.85. The lowest BCUT2D eigenvalue weighted by Crippen LogP contribution is -2.44. The first kappa shape index (κ1) is 16.5. The van der Waals surface area contributed by atoms with E-state index in [1.165, 1.54) is 18.2 Å². The molecule has 4 rings (SSSR count). The predicted octanol–water partition coefficient (Wildman–Crippen LogP) is 3.57. The second kappa shape index (κ2) is 4.81. The lowest BCUT2D eigenvalue weighted by molar-refractivity contribution is 0.0697. The lowest BCUT2D eigenvalue weighted by Gasteiger charge is -2.37. The summed E-state index contributed by atoms with van der Waals surface area (Å²) in [6.45, 7) is 4.24. The van der Waals surface area contributed by atoms with Crippen molar-refractivity contribution >= 4 is 31.9 Å². The molecule has 3 atom stereocenters. The molecule has 1 saturated heterocycles. The highest BCUT2D eigenvalue weighted by Gasteiger charge is 2.72. The summed E-state index contributed by atoms with van der Waals surface area (Å²) >= 11 is 3.22. The zero-order chi connectivity index (χ0) is 17.5. The molecule has 1 heterocycles. The molecular weight excluding hydrogens is 397 g/mol. The van der Waals surface area contributed by atoms with Crippen LogP contribution >= 0.6 is 15.9 Å². The molecule has 2 saturated carbocycles. The first-order valence-corrected chi connectivity index (χ1v) is 10.5. The van der Waals surface area contributed by atoms with Gasteiger partial charge >= 0.3 is 0 Å². The fraction of sp³-hybridized carbons (Fsp3) is 0.588. The largest absolute Gasteiger partial charge is 0.270 e. The van der Waals surface area contributed by atoms with Crippen molar-refractivity contribution in [2.45, 2.75) is 39.2 Å². The number of rotatable bonds is 1. The van der Waals surface area contributed by atoms with Crippen molar-refractivity contribution < 1.29 is 17.6 Å². The van der Waals surface area contributed by atoms with Crippen molar-refractivity contribution in [1.29, 1.82) is 0 Å². The third-order valence-corrected chi connectivity index (χ3v) is 9.16. The van der Waals surface area contributed by atoms with Crippen LogP contribution in [0.4, 0.5) is 4.39 Å². The van der Waals surface area contributed by atoms with Crippen LogP contribution in [0.15, 0.2) is 22.7 Å². The average Bonchev–Trinajstić information content (AvgIpc) is 2.96. The Morgan fingerprint density at radius 1 is 1.38 bits per heavy atom. The number of benzene rings is 1. The van der Waals surface area contributed by atoms with Gasteiger partial charge in [-0.05, 0) is 48.8 Å². The van der Waals surface area contributed by atoms with Gasteiger partial charge < -0.3 is 0 Å². The number of carbonyl (C=O) groups excluding carboxylic acids is 1. The Morgan fingerprint density at radius 3 is 2.75 bits per heavy atom. The van der Waals surface area contributed by atoms with Crippen molar-refractivity contribution in [3.63, 3.8) is 0 Å². The van der Waals surface area contributed by atoms with Crippen LogP contribution < -0.4 is 0 Å². The van der Waals surface area contributed by atoms with Gasteiger partial charge in [0, 0.05) is 9.89 Å². The van der Waals surface area contributed by atoms with Crippen LogP contribution in [0, 0.1) is 22.6 Å². The summed E-state index contributed by atoms with van der Waals surface area (Å²) in [7, 11) is -3.74. The third-order valence-electron chi connectivity index (χ3n) is 6.77. The number of hydrogen-bond donors (Lipinski definition) is 0. The fourth-order valence-corrected chi connectivity index (χ4v) is 8.22. The van der Waals surface area contributed by atoms with Crippen molar-refractivity contribution in [2.24, 2.45) is 16.7 Å². The molecule has 1 aliphatic heterocycles. The summed E-state index contributed by atoms with van der Waals surface area (Å²) in [4.78, 5) is 12.9. The Balaban J connectivity index is 1.82. The predicted molar refractivity (Wildman–Crippen MR) is 91.4 cm³/mol. The first-order chi connectivity index (χ1) is 11.1. The van der Waals surface area contributed by atoms with E-state index in [1.807, 2.05) is 0 Å². The zero-order valence-electron chi connectivity index (χ0n) is 13.6. The zero-order valence-corrected chi connectivity index (χ0v) is 16.0.